The monoisotopic (exact) mass is 637 g/mol. The van der Waals surface area contributed by atoms with E-state index in [0.717, 1.165) is 18.2 Å². The minimum Gasteiger partial charge on any atom is -0.481 e. The third-order valence-corrected chi connectivity index (χ3v) is 8.73. The zero-order chi connectivity index (χ0) is 33.0. The highest BCUT2D eigenvalue weighted by Crippen LogP contribution is 2.55. The van der Waals surface area contributed by atoms with Crippen molar-refractivity contribution in [3.8, 4) is 11.5 Å². The van der Waals surface area contributed by atoms with Crippen molar-refractivity contribution < 1.29 is 34.1 Å². The molecule has 0 unspecified atom stereocenters. The number of hydrogen-bond donors (Lipinski definition) is 1. The molecule has 3 aliphatic rings. The molecule has 0 amide bonds. The van der Waals surface area contributed by atoms with Gasteiger partial charge in [0.15, 0.2) is 11.6 Å². The molecule has 13 heteroatoms. The number of ketones is 2. The summed E-state index contributed by atoms with van der Waals surface area (Å²) in [6.45, 7) is 8.06. The molecule has 12 nitrogen and oxygen atoms in total. The number of halogens is 1. The quantitative estimate of drug-likeness (QED) is 0.232. The highest BCUT2D eigenvalue weighted by molar-refractivity contribution is 6.32. The van der Waals surface area contributed by atoms with Crippen molar-refractivity contribution in [3.63, 3.8) is 0 Å². The van der Waals surface area contributed by atoms with E-state index in [0.29, 0.717) is 40.9 Å². The first-order chi connectivity index (χ1) is 21.0. The summed E-state index contributed by atoms with van der Waals surface area (Å²) in [5.74, 6) is -2.21. The number of carboxylic acid groups (broad SMARTS) is 1. The average Bonchev–Trinajstić information content (AvgIpc) is 2.91. The van der Waals surface area contributed by atoms with Crippen LogP contribution in [0.1, 0.15) is 71.3 Å². The van der Waals surface area contributed by atoms with Crippen LogP contribution in [0.25, 0.3) is 0 Å². The highest BCUT2D eigenvalue weighted by Gasteiger charge is 2.49. The van der Waals surface area contributed by atoms with Crippen LogP contribution >= 0.6 is 11.6 Å². The van der Waals surface area contributed by atoms with Gasteiger partial charge in [0.1, 0.15) is 5.75 Å². The van der Waals surface area contributed by atoms with E-state index in [4.69, 9.17) is 16.3 Å². The molecular weight excluding hydrogens is 606 g/mol. The standard InChI is InChI=1S/C32H32ClN3O9/c1-31(2)13-21-29(23(37)15-31)28(30-22(34(21)10-9-27(39)40)14-32(3,4)16-24(30)38)17-5-7-25(19(33)11-17)45-26-8-6-18(35(41)42)12-20(26)36(43)44/h5-8,11-12,28H,9-10,13-16H2,1-4H3,(H,39,40). The van der Waals surface area contributed by atoms with E-state index in [1.54, 1.807) is 12.1 Å². The summed E-state index contributed by atoms with van der Waals surface area (Å²) in [6, 6.07) is 7.68. The van der Waals surface area contributed by atoms with Gasteiger partial charge in [-0.1, -0.05) is 45.4 Å². The maximum Gasteiger partial charge on any atom is 0.318 e. The van der Waals surface area contributed by atoms with Gasteiger partial charge in [-0.3, -0.25) is 34.6 Å². The number of hydrogen-bond acceptors (Lipinski definition) is 9. The largest absolute Gasteiger partial charge is 0.481 e. The molecule has 5 rings (SSSR count). The third-order valence-electron chi connectivity index (χ3n) is 8.43. The lowest BCUT2D eigenvalue weighted by Crippen LogP contribution is -2.45. The van der Waals surface area contributed by atoms with E-state index < -0.39 is 33.1 Å². The van der Waals surface area contributed by atoms with Gasteiger partial charge in [0.05, 0.1) is 27.4 Å². The number of benzene rings is 2. The Balaban J connectivity index is 1.63. The number of nitro benzene ring substituents is 2. The molecule has 236 valence electrons. The van der Waals surface area contributed by atoms with Crippen LogP contribution in [-0.2, 0) is 14.4 Å². The van der Waals surface area contributed by atoms with Gasteiger partial charge in [0, 0.05) is 53.9 Å². The van der Waals surface area contributed by atoms with Crippen LogP contribution in [0.3, 0.4) is 0 Å². The van der Waals surface area contributed by atoms with Gasteiger partial charge in [-0.15, -0.1) is 0 Å². The number of allylic oxidation sites excluding steroid dienone is 4. The van der Waals surface area contributed by atoms with Gasteiger partial charge in [0.25, 0.3) is 5.69 Å². The number of nitro groups is 2. The minimum atomic E-state index is -0.986. The molecule has 2 aliphatic carbocycles. The van der Waals surface area contributed by atoms with E-state index in [9.17, 15) is 39.7 Å². The number of aliphatic carboxylic acids is 1. The summed E-state index contributed by atoms with van der Waals surface area (Å²) in [5, 5.41) is 32.3. The molecule has 1 N–H and O–H groups in total. The molecule has 0 radical (unpaired) electrons. The average molecular weight is 638 g/mol. The van der Waals surface area contributed by atoms with E-state index in [2.05, 4.69) is 0 Å². The van der Waals surface area contributed by atoms with Crippen LogP contribution < -0.4 is 4.74 Å². The molecular formula is C32H32ClN3O9. The molecule has 45 heavy (non-hydrogen) atoms. The van der Waals surface area contributed by atoms with Crippen LogP contribution in [0.4, 0.5) is 11.4 Å². The van der Waals surface area contributed by atoms with Crippen molar-refractivity contribution in [1.82, 2.24) is 4.90 Å². The Kier molecular flexibility index (Phi) is 8.07. The maximum atomic E-state index is 13.9. The van der Waals surface area contributed by atoms with Crippen molar-refractivity contribution >= 4 is 40.5 Å². The van der Waals surface area contributed by atoms with Gasteiger partial charge >= 0.3 is 11.7 Å². The van der Waals surface area contributed by atoms with Gasteiger partial charge in [0.2, 0.25) is 5.75 Å². The predicted molar refractivity (Wildman–Crippen MR) is 163 cm³/mol. The van der Waals surface area contributed by atoms with Crippen molar-refractivity contribution in [2.24, 2.45) is 10.8 Å². The Hall–Kier alpha value is -4.58. The van der Waals surface area contributed by atoms with Crippen molar-refractivity contribution in [3.05, 3.63) is 89.8 Å². The number of ether oxygens (including phenoxy) is 1. The number of rotatable bonds is 8. The SMILES string of the molecule is CC1(C)CC(=O)C2=C(C1)N(CCC(=O)O)C1=C(C(=O)CC(C)(C)C1)C2c1ccc(Oc2ccc([N+](=O)[O-])cc2[N+](=O)[O-])c(Cl)c1. The normalized spacial score (nSPS) is 19.3. The Bertz CT molecular complexity index is 1690. The van der Waals surface area contributed by atoms with Crippen LogP contribution in [0.15, 0.2) is 58.9 Å². The van der Waals surface area contributed by atoms with Crippen LogP contribution in [-0.4, -0.2) is 43.9 Å². The molecule has 0 aromatic heterocycles. The Morgan fingerprint density at radius 3 is 1.96 bits per heavy atom. The number of carbonyl (C=O) groups excluding carboxylic acids is 2. The third kappa shape index (κ3) is 6.19. The summed E-state index contributed by atoms with van der Waals surface area (Å²) >= 11 is 6.66. The van der Waals surface area contributed by atoms with E-state index >= 15 is 0 Å². The summed E-state index contributed by atoms with van der Waals surface area (Å²) in [4.78, 5) is 62.5. The summed E-state index contributed by atoms with van der Waals surface area (Å²) in [7, 11) is 0. The molecule has 0 saturated carbocycles. The Labute approximate surface area is 263 Å². The van der Waals surface area contributed by atoms with Crippen LogP contribution in [0.2, 0.25) is 5.02 Å². The molecule has 2 aromatic rings. The fourth-order valence-electron chi connectivity index (χ4n) is 6.60. The van der Waals surface area contributed by atoms with E-state index in [1.807, 2.05) is 32.6 Å². The number of carboxylic acids is 1. The molecule has 2 aromatic carbocycles. The maximum absolute atomic E-state index is 13.9. The zero-order valence-electron chi connectivity index (χ0n) is 25.2. The smallest absolute Gasteiger partial charge is 0.318 e. The molecule has 0 saturated heterocycles. The fraction of sp³-hybridized carbons (Fsp3) is 0.406. The number of carbonyl (C=O) groups is 3. The highest BCUT2D eigenvalue weighted by atomic mass is 35.5. The van der Waals surface area contributed by atoms with Crippen molar-refractivity contribution in [2.45, 2.75) is 65.7 Å². The van der Waals surface area contributed by atoms with Gasteiger partial charge in [-0.2, -0.15) is 0 Å². The number of Topliss-reactive ketones (excluding diaryl/α,β-unsaturated/α-hetero) is 2. The molecule has 0 fully saturated rings. The van der Waals surface area contributed by atoms with E-state index in [1.165, 1.54) is 6.07 Å². The first kappa shape index (κ1) is 31.8. The lowest BCUT2D eigenvalue weighted by molar-refractivity contribution is -0.394. The summed E-state index contributed by atoms with van der Waals surface area (Å²) < 4.78 is 5.74. The van der Waals surface area contributed by atoms with Gasteiger partial charge < -0.3 is 14.7 Å². The fourth-order valence-corrected chi connectivity index (χ4v) is 6.83. The first-order valence-electron chi connectivity index (χ1n) is 14.4. The summed E-state index contributed by atoms with van der Waals surface area (Å²) in [5.41, 5.74) is 1.00. The second kappa shape index (κ2) is 11.4. The molecule has 1 aliphatic heterocycles. The molecule has 0 bridgehead atoms. The van der Waals surface area contributed by atoms with Crippen LogP contribution in [0, 0.1) is 31.1 Å². The second-order valence-electron chi connectivity index (χ2n) is 13.3. The van der Waals surface area contributed by atoms with Gasteiger partial charge in [-0.25, -0.2) is 0 Å². The number of non-ortho nitro benzene ring substituents is 1. The molecule has 0 spiro atoms. The minimum absolute atomic E-state index is 0.0341. The van der Waals surface area contributed by atoms with E-state index in [-0.39, 0.29) is 64.7 Å². The predicted octanol–water partition coefficient (Wildman–Crippen LogP) is 7.11. The number of nitrogens with zero attached hydrogens (tertiary/aromatic N) is 3. The van der Waals surface area contributed by atoms with Gasteiger partial charge in [-0.05, 0) is 47.4 Å². The Morgan fingerprint density at radius 2 is 1.47 bits per heavy atom. The molecule has 0 atom stereocenters. The Morgan fingerprint density at radius 1 is 0.911 bits per heavy atom. The lowest BCUT2D eigenvalue weighted by atomic mass is 9.63. The topological polar surface area (TPSA) is 170 Å². The lowest BCUT2D eigenvalue weighted by Gasteiger charge is -2.49. The second-order valence-corrected chi connectivity index (χ2v) is 13.7. The summed E-state index contributed by atoms with van der Waals surface area (Å²) in [6.07, 6.45) is 1.34. The van der Waals surface area contributed by atoms with Crippen LogP contribution in [0.5, 0.6) is 11.5 Å². The van der Waals surface area contributed by atoms with Crippen molar-refractivity contribution in [1.29, 1.82) is 0 Å². The first-order valence-corrected chi connectivity index (χ1v) is 14.8. The van der Waals surface area contributed by atoms with Crippen molar-refractivity contribution in [2.75, 3.05) is 6.54 Å². The zero-order valence-corrected chi connectivity index (χ0v) is 26.0. The molecule has 1 heterocycles.